The molecule has 1 unspecified atom stereocenters. The van der Waals surface area contributed by atoms with Crippen LogP contribution in [0.25, 0.3) is 10.9 Å². The number of nitrogens with two attached hydrogens (primary N) is 1. The molecule has 90 valence electrons. The van der Waals surface area contributed by atoms with E-state index in [1.165, 1.54) is 0 Å². The zero-order valence-corrected chi connectivity index (χ0v) is 9.90. The summed E-state index contributed by atoms with van der Waals surface area (Å²) in [7, 11) is 0. The lowest BCUT2D eigenvalue weighted by Gasteiger charge is -2.15. The predicted octanol–water partition coefficient (Wildman–Crippen LogP) is 1.48. The van der Waals surface area contributed by atoms with Crippen molar-refractivity contribution in [2.45, 2.75) is 19.9 Å². The molecule has 0 aliphatic rings. The summed E-state index contributed by atoms with van der Waals surface area (Å²) in [6.07, 6.45) is 1.69. The number of amides is 1. The van der Waals surface area contributed by atoms with Crippen molar-refractivity contribution in [3.63, 3.8) is 0 Å². The van der Waals surface area contributed by atoms with Gasteiger partial charge in [-0.25, -0.2) is 0 Å². The number of carbonyl (C=O) groups excluding carboxylic acids is 1. The van der Waals surface area contributed by atoms with Gasteiger partial charge in [-0.2, -0.15) is 5.10 Å². The SMILES string of the molecule is CC(C)C(N)C(=O)Nc1cccc2[nH]ncc12. The van der Waals surface area contributed by atoms with Gasteiger partial charge in [0, 0.05) is 5.39 Å². The standard InChI is InChI=1S/C12H16N4O/c1-7(2)11(13)12(17)15-9-4-3-5-10-8(9)6-14-16-10/h3-7,11H,13H2,1-2H3,(H,14,16)(H,15,17). The highest BCUT2D eigenvalue weighted by Crippen LogP contribution is 2.21. The molecule has 17 heavy (non-hydrogen) atoms. The average Bonchev–Trinajstić information content (AvgIpc) is 2.76. The van der Waals surface area contributed by atoms with Gasteiger partial charge in [0.25, 0.3) is 0 Å². The summed E-state index contributed by atoms with van der Waals surface area (Å²) in [6, 6.07) is 5.09. The van der Waals surface area contributed by atoms with Crippen molar-refractivity contribution in [1.29, 1.82) is 0 Å². The number of aromatic amines is 1. The van der Waals surface area contributed by atoms with Crippen LogP contribution >= 0.6 is 0 Å². The van der Waals surface area contributed by atoms with Crippen LogP contribution in [0.4, 0.5) is 5.69 Å². The van der Waals surface area contributed by atoms with Crippen molar-refractivity contribution >= 4 is 22.5 Å². The van der Waals surface area contributed by atoms with Crippen molar-refractivity contribution in [1.82, 2.24) is 10.2 Å². The normalized spacial score (nSPS) is 12.9. The third kappa shape index (κ3) is 2.29. The molecular formula is C12H16N4O. The van der Waals surface area contributed by atoms with Gasteiger partial charge in [-0.1, -0.05) is 19.9 Å². The highest BCUT2D eigenvalue weighted by atomic mass is 16.2. The second-order valence-electron chi connectivity index (χ2n) is 4.40. The first kappa shape index (κ1) is 11.6. The highest BCUT2D eigenvalue weighted by Gasteiger charge is 2.17. The summed E-state index contributed by atoms with van der Waals surface area (Å²) in [6.45, 7) is 3.84. The summed E-state index contributed by atoms with van der Waals surface area (Å²) >= 11 is 0. The fourth-order valence-electron chi connectivity index (χ4n) is 1.60. The Bertz CT molecular complexity index is 532. The van der Waals surface area contributed by atoms with E-state index in [0.29, 0.717) is 0 Å². The number of nitrogens with one attached hydrogen (secondary N) is 2. The van der Waals surface area contributed by atoms with Crippen molar-refractivity contribution in [2.24, 2.45) is 11.7 Å². The van der Waals surface area contributed by atoms with Gasteiger partial charge >= 0.3 is 0 Å². The largest absolute Gasteiger partial charge is 0.324 e. The molecule has 0 bridgehead atoms. The number of rotatable bonds is 3. The molecule has 0 saturated carbocycles. The van der Waals surface area contributed by atoms with E-state index in [9.17, 15) is 4.79 Å². The van der Waals surface area contributed by atoms with E-state index >= 15 is 0 Å². The van der Waals surface area contributed by atoms with Crippen molar-refractivity contribution in [3.05, 3.63) is 24.4 Å². The molecule has 1 amide bonds. The fraction of sp³-hybridized carbons (Fsp3) is 0.333. The average molecular weight is 232 g/mol. The summed E-state index contributed by atoms with van der Waals surface area (Å²) in [5.41, 5.74) is 7.42. The minimum Gasteiger partial charge on any atom is -0.324 e. The number of hydrogen-bond donors (Lipinski definition) is 3. The Labute approximate surface area is 99.4 Å². The first-order valence-electron chi connectivity index (χ1n) is 5.58. The van der Waals surface area contributed by atoms with Crippen molar-refractivity contribution in [3.8, 4) is 0 Å². The third-order valence-corrected chi connectivity index (χ3v) is 2.76. The number of nitrogens with zero attached hydrogens (tertiary/aromatic N) is 1. The lowest BCUT2D eigenvalue weighted by Crippen LogP contribution is -2.39. The molecule has 0 radical (unpaired) electrons. The van der Waals surface area contributed by atoms with Gasteiger partial charge in [0.2, 0.25) is 5.91 Å². The van der Waals surface area contributed by atoms with Gasteiger partial charge in [-0.3, -0.25) is 9.89 Å². The molecule has 0 spiro atoms. The van der Waals surface area contributed by atoms with Gasteiger partial charge in [-0.05, 0) is 18.1 Å². The Morgan fingerprint density at radius 1 is 1.47 bits per heavy atom. The number of benzene rings is 1. The van der Waals surface area contributed by atoms with Gasteiger partial charge in [-0.15, -0.1) is 0 Å². The molecule has 2 aromatic rings. The van der Waals surface area contributed by atoms with E-state index < -0.39 is 6.04 Å². The number of aromatic nitrogens is 2. The number of H-pyrrole nitrogens is 1. The van der Waals surface area contributed by atoms with E-state index in [-0.39, 0.29) is 11.8 Å². The number of carbonyl (C=O) groups is 1. The maximum absolute atomic E-state index is 11.9. The summed E-state index contributed by atoms with van der Waals surface area (Å²) < 4.78 is 0. The van der Waals surface area contributed by atoms with Crippen LogP contribution in [0.1, 0.15) is 13.8 Å². The quantitative estimate of drug-likeness (QED) is 0.749. The predicted molar refractivity (Wildman–Crippen MR) is 67.5 cm³/mol. The highest BCUT2D eigenvalue weighted by molar-refractivity contribution is 6.02. The van der Waals surface area contributed by atoms with Crippen LogP contribution in [0.5, 0.6) is 0 Å². The summed E-state index contributed by atoms with van der Waals surface area (Å²) in [5.74, 6) is -0.0627. The van der Waals surface area contributed by atoms with Crippen LogP contribution in [-0.2, 0) is 4.79 Å². The Balaban J connectivity index is 2.24. The van der Waals surface area contributed by atoms with Crippen LogP contribution < -0.4 is 11.1 Å². The smallest absolute Gasteiger partial charge is 0.241 e. The van der Waals surface area contributed by atoms with Gasteiger partial charge in [0.1, 0.15) is 0 Å². The van der Waals surface area contributed by atoms with E-state index in [0.717, 1.165) is 16.6 Å². The van der Waals surface area contributed by atoms with Crippen LogP contribution in [-0.4, -0.2) is 22.1 Å². The second kappa shape index (κ2) is 4.55. The zero-order valence-electron chi connectivity index (χ0n) is 9.90. The monoisotopic (exact) mass is 232 g/mol. The van der Waals surface area contributed by atoms with Crippen LogP contribution in [0, 0.1) is 5.92 Å². The summed E-state index contributed by atoms with van der Waals surface area (Å²) in [4.78, 5) is 11.9. The topological polar surface area (TPSA) is 83.8 Å². The number of fused-ring (bicyclic) bond motifs is 1. The molecule has 0 fully saturated rings. The third-order valence-electron chi connectivity index (χ3n) is 2.76. The Hall–Kier alpha value is -1.88. The Morgan fingerprint density at radius 2 is 2.24 bits per heavy atom. The van der Waals surface area contributed by atoms with Crippen molar-refractivity contribution in [2.75, 3.05) is 5.32 Å². The molecular weight excluding hydrogens is 216 g/mol. The van der Waals surface area contributed by atoms with Gasteiger partial charge < -0.3 is 11.1 Å². The van der Waals surface area contributed by atoms with Crippen LogP contribution in [0.3, 0.4) is 0 Å². The molecule has 1 aromatic carbocycles. The van der Waals surface area contributed by atoms with Gasteiger partial charge in [0.15, 0.2) is 0 Å². The fourth-order valence-corrected chi connectivity index (χ4v) is 1.60. The first-order valence-corrected chi connectivity index (χ1v) is 5.58. The summed E-state index contributed by atoms with van der Waals surface area (Å²) in [5, 5.41) is 10.5. The Morgan fingerprint density at radius 3 is 2.94 bits per heavy atom. The molecule has 0 saturated heterocycles. The molecule has 5 heteroatoms. The molecule has 5 nitrogen and oxygen atoms in total. The maximum atomic E-state index is 11.9. The second-order valence-corrected chi connectivity index (χ2v) is 4.40. The number of anilines is 1. The molecule has 1 heterocycles. The first-order chi connectivity index (χ1) is 8.09. The minimum atomic E-state index is -0.503. The van der Waals surface area contributed by atoms with E-state index in [1.807, 2.05) is 32.0 Å². The van der Waals surface area contributed by atoms with Crippen LogP contribution in [0.2, 0.25) is 0 Å². The van der Waals surface area contributed by atoms with E-state index in [1.54, 1.807) is 6.20 Å². The minimum absolute atomic E-state index is 0.110. The van der Waals surface area contributed by atoms with Gasteiger partial charge in [0.05, 0.1) is 23.4 Å². The molecule has 4 N–H and O–H groups in total. The van der Waals surface area contributed by atoms with Crippen LogP contribution in [0.15, 0.2) is 24.4 Å². The van der Waals surface area contributed by atoms with Crippen molar-refractivity contribution < 1.29 is 4.79 Å². The number of hydrogen-bond acceptors (Lipinski definition) is 3. The van der Waals surface area contributed by atoms with E-state index in [2.05, 4.69) is 15.5 Å². The lowest BCUT2D eigenvalue weighted by molar-refractivity contribution is -0.118. The molecule has 0 aliphatic carbocycles. The van der Waals surface area contributed by atoms with E-state index in [4.69, 9.17) is 5.73 Å². The molecule has 0 aliphatic heterocycles. The molecule has 1 atom stereocenters. The Kier molecular flexibility index (Phi) is 3.10. The molecule has 1 aromatic heterocycles. The maximum Gasteiger partial charge on any atom is 0.241 e. The zero-order chi connectivity index (χ0) is 12.4. The lowest BCUT2D eigenvalue weighted by atomic mass is 10.0. The molecule has 2 rings (SSSR count).